The van der Waals surface area contributed by atoms with Crippen LogP contribution in [0.15, 0.2) is 0 Å². The molecule has 0 saturated heterocycles. The lowest BCUT2D eigenvalue weighted by Gasteiger charge is -2.08. The summed E-state index contributed by atoms with van der Waals surface area (Å²) >= 11 is 0. The third-order valence-electron chi connectivity index (χ3n) is 2.29. The zero-order chi connectivity index (χ0) is 10.6. The molecule has 0 rings (SSSR count). The van der Waals surface area contributed by atoms with Gasteiger partial charge in [-0.25, -0.2) is 0 Å². The van der Waals surface area contributed by atoms with Crippen molar-refractivity contribution < 1.29 is 9.53 Å². The largest absolute Gasteiger partial charge is 0.381 e. The lowest BCUT2D eigenvalue weighted by Crippen LogP contribution is -2.07. The first-order valence-corrected chi connectivity index (χ1v) is 5.82. The van der Waals surface area contributed by atoms with Gasteiger partial charge >= 0.3 is 0 Å². The van der Waals surface area contributed by atoms with Gasteiger partial charge in [0.1, 0.15) is 6.29 Å². The van der Waals surface area contributed by atoms with Crippen LogP contribution in [0.5, 0.6) is 0 Å². The Balaban J connectivity index is 3.01. The first kappa shape index (κ1) is 13.6. The Morgan fingerprint density at radius 3 is 2.57 bits per heavy atom. The third kappa shape index (κ3) is 9.72. The number of carbonyl (C=O) groups is 1. The van der Waals surface area contributed by atoms with Gasteiger partial charge in [-0.2, -0.15) is 0 Å². The van der Waals surface area contributed by atoms with Crippen LogP contribution in [0.4, 0.5) is 0 Å². The second-order valence-corrected chi connectivity index (χ2v) is 4.00. The summed E-state index contributed by atoms with van der Waals surface area (Å²) in [5.41, 5.74) is 0. The normalized spacial score (nSPS) is 12.7. The lowest BCUT2D eigenvalue weighted by molar-refractivity contribution is -0.108. The first-order chi connectivity index (χ1) is 6.81. The van der Waals surface area contributed by atoms with Gasteiger partial charge in [0.05, 0.1) is 0 Å². The molecule has 0 aliphatic carbocycles. The van der Waals surface area contributed by atoms with Crippen molar-refractivity contribution in [2.45, 2.75) is 52.4 Å². The number of carbonyl (C=O) groups excluding carboxylic acids is 1. The molecule has 0 saturated carbocycles. The maximum absolute atomic E-state index is 10.2. The highest BCUT2D eigenvalue weighted by Gasteiger charge is 2.00. The summed E-state index contributed by atoms with van der Waals surface area (Å²) in [5.74, 6) is 0.378. The van der Waals surface area contributed by atoms with Crippen LogP contribution in [-0.4, -0.2) is 19.5 Å². The van der Waals surface area contributed by atoms with Gasteiger partial charge in [0, 0.05) is 19.6 Å². The van der Waals surface area contributed by atoms with Gasteiger partial charge in [0.25, 0.3) is 0 Å². The molecule has 84 valence electrons. The van der Waals surface area contributed by atoms with Crippen LogP contribution in [0.3, 0.4) is 0 Å². The van der Waals surface area contributed by atoms with Crippen molar-refractivity contribution in [3.05, 3.63) is 0 Å². The molecule has 2 nitrogen and oxygen atoms in total. The van der Waals surface area contributed by atoms with Crippen LogP contribution in [0.1, 0.15) is 52.4 Å². The molecule has 0 aromatic heterocycles. The highest BCUT2D eigenvalue weighted by atomic mass is 16.5. The van der Waals surface area contributed by atoms with Crippen molar-refractivity contribution in [2.75, 3.05) is 13.2 Å². The van der Waals surface area contributed by atoms with E-state index in [1.807, 2.05) is 6.92 Å². The summed E-state index contributed by atoms with van der Waals surface area (Å²) in [4.78, 5) is 10.2. The van der Waals surface area contributed by atoms with Crippen LogP contribution in [0.25, 0.3) is 0 Å². The fourth-order valence-corrected chi connectivity index (χ4v) is 1.32. The minimum absolute atomic E-state index is 0.378. The van der Waals surface area contributed by atoms with E-state index in [0.29, 0.717) is 12.3 Å². The molecule has 0 aromatic rings. The van der Waals surface area contributed by atoms with E-state index < -0.39 is 0 Å². The van der Waals surface area contributed by atoms with Gasteiger partial charge in [-0.3, -0.25) is 0 Å². The van der Waals surface area contributed by atoms with E-state index in [1.54, 1.807) is 0 Å². The number of ether oxygens (including phenoxy) is 1. The molecule has 0 bridgehead atoms. The lowest BCUT2D eigenvalue weighted by atomic mass is 10.1. The fourth-order valence-electron chi connectivity index (χ4n) is 1.32. The molecule has 0 aromatic carbocycles. The predicted octanol–water partition coefficient (Wildman–Crippen LogP) is 3.20. The fraction of sp³-hybridized carbons (Fsp3) is 0.917. The number of unbranched alkanes of at least 4 members (excludes halogenated alkanes) is 4. The average Bonchev–Trinajstić information content (AvgIpc) is 2.17. The molecule has 0 aliphatic heterocycles. The number of hydrogen-bond donors (Lipinski definition) is 0. The molecule has 0 radical (unpaired) electrons. The molecule has 2 heteroatoms. The molecule has 0 aliphatic rings. The Hall–Kier alpha value is -0.370. The van der Waals surface area contributed by atoms with Crippen LogP contribution >= 0.6 is 0 Å². The summed E-state index contributed by atoms with van der Waals surface area (Å²) in [5, 5.41) is 0. The summed E-state index contributed by atoms with van der Waals surface area (Å²) in [6, 6.07) is 0. The van der Waals surface area contributed by atoms with E-state index in [4.69, 9.17) is 4.74 Å². The first-order valence-electron chi connectivity index (χ1n) is 5.82. The summed E-state index contributed by atoms with van der Waals surface area (Å²) in [6.45, 7) is 5.85. The Morgan fingerprint density at radius 2 is 1.93 bits per heavy atom. The van der Waals surface area contributed by atoms with E-state index >= 15 is 0 Å². The van der Waals surface area contributed by atoms with Crippen molar-refractivity contribution in [2.24, 2.45) is 5.92 Å². The number of hydrogen-bond acceptors (Lipinski definition) is 2. The molecule has 0 spiro atoms. The van der Waals surface area contributed by atoms with Gasteiger partial charge in [0.2, 0.25) is 0 Å². The maximum atomic E-state index is 10.2. The van der Waals surface area contributed by atoms with Crippen molar-refractivity contribution in [3.8, 4) is 0 Å². The van der Waals surface area contributed by atoms with Crippen LogP contribution in [0.2, 0.25) is 0 Å². The zero-order valence-corrected chi connectivity index (χ0v) is 9.63. The van der Waals surface area contributed by atoms with Crippen LogP contribution in [-0.2, 0) is 9.53 Å². The minimum atomic E-state index is 0.378. The molecule has 0 heterocycles. The Kier molecular flexibility index (Phi) is 10.4. The van der Waals surface area contributed by atoms with E-state index in [-0.39, 0.29) is 0 Å². The standard InChI is InChI=1S/C12H24O2/c1-3-4-5-6-7-10-14-11-12(2)8-9-13/h9,12H,3-8,10-11H2,1-2H3/t12-/m0/s1. The predicted molar refractivity (Wildman–Crippen MR) is 59.4 cm³/mol. The van der Waals surface area contributed by atoms with Crippen LogP contribution < -0.4 is 0 Å². The van der Waals surface area contributed by atoms with Crippen molar-refractivity contribution in [1.82, 2.24) is 0 Å². The second kappa shape index (κ2) is 10.7. The topological polar surface area (TPSA) is 26.3 Å². The second-order valence-electron chi connectivity index (χ2n) is 4.00. The minimum Gasteiger partial charge on any atom is -0.381 e. The smallest absolute Gasteiger partial charge is 0.120 e. The molecule has 0 unspecified atom stereocenters. The summed E-state index contributed by atoms with van der Waals surface area (Å²) in [7, 11) is 0. The molecular weight excluding hydrogens is 176 g/mol. The summed E-state index contributed by atoms with van der Waals surface area (Å²) < 4.78 is 5.47. The Bertz CT molecular complexity index is 123. The number of rotatable bonds is 10. The quantitative estimate of drug-likeness (QED) is 0.400. The summed E-state index contributed by atoms with van der Waals surface area (Å²) in [6.07, 6.45) is 7.97. The van der Waals surface area contributed by atoms with Crippen molar-refractivity contribution in [3.63, 3.8) is 0 Å². The molecule has 14 heavy (non-hydrogen) atoms. The molecule has 0 N–H and O–H groups in total. The van der Waals surface area contributed by atoms with E-state index in [9.17, 15) is 4.79 Å². The van der Waals surface area contributed by atoms with Crippen LogP contribution in [0, 0.1) is 5.92 Å². The van der Waals surface area contributed by atoms with E-state index in [1.165, 1.54) is 25.7 Å². The van der Waals surface area contributed by atoms with Gasteiger partial charge < -0.3 is 9.53 Å². The number of aldehydes is 1. The van der Waals surface area contributed by atoms with Gasteiger partial charge in [-0.15, -0.1) is 0 Å². The average molecular weight is 200 g/mol. The Labute approximate surface area is 88.0 Å². The molecular formula is C12H24O2. The van der Waals surface area contributed by atoms with Gasteiger partial charge in [-0.05, 0) is 12.3 Å². The monoisotopic (exact) mass is 200 g/mol. The highest BCUT2D eigenvalue weighted by Crippen LogP contribution is 2.04. The maximum Gasteiger partial charge on any atom is 0.120 e. The van der Waals surface area contributed by atoms with Gasteiger partial charge in [-0.1, -0.05) is 39.5 Å². The molecule has 0 fully saturated rings. The molecule has 1 atom stereocenters. The third-order valence-corrected chi connectivity index (χ3v) is 2.29. The zero-order valence-electron chi connectivity index (χ0n) is 9.63. The SMILES string of the molecule is CCCCCCCOC[C@@H](C)CC=O. The van der Waals surface area contributed by atoms with E-state index in [2.05, 4.69) is 6.92 Å². The highest BCUT2D eigenvalue weighted by molar-refractivity contribution is 5.49. The van der Waals surface area contributed by atoms with Crippen molar-refractivity contribution in [1.29, 1.82) is 0 Å². The van der Waals surface area contributed by atoms with Gasteiger partial charge in [0.15, 0.2) is 0 Å². The van der Waals surface area contributed by atoms with E-state index in [0.717, 1.165) is 25.9 Å². The Morgan fingerprint density at radius 1 is 1.21 bits per heavy atom. The molecule has 0 amide bonds. The van der Waals surface area contributed by atoms with Crippen molar-refractivity contribution >= 4 is 6.29 Å².